The van der Waals surface area contributed by atoms with Gasteiger partial charge in [-0.15, -0.1) is 0 Å². The molecule has 2 rings (SSSR count). The molecule has 0 unspecified atom stereocenters. The fourth-order valence-electron chi connectivity index (χ4n) is 2.80. The molecular formula is C18H22N2O3. The second kappa shape index (κ2) is 6.74. The summed E-state index contributed by atoms with van der Waals surface area (Å²) in [7, 11) is 3.18. The van der Waals surface area contributed by atoms with E-state index in [0.29, 0.717) is 30.9 Å². The lowest BCUT2D eigenvalue weighted by Crippen LogP contribution is -2.30. The highest BCUT2D eigenvalue weighted by Crippen LogP contribution is 2.35. The Hall–Kier alpha value is -2.48. The van der Waals surface area contributed by atoms with Crippen LogP contribution in [0.4, 0.5) is 0 Å². The summed E-state index contributed by atoms with van der Waals surface area (Å²) >= 11 is 0. The lowest BCUT2D eigenvalue weighted by Gasteiger charge is -2.30. The zero-order valence-electron chi connectivity index (χ0n) is 14.0. The number of benzene rings is 1. The van der Waals surface area contributed by atoms with Crippen LogP contribution >= 0.6 is 0 Å². The highest BCUT2D eigenvalue weighted by molar-refractivity contribution is 6.01. The number of nitrogens with one attached hydrogen (secondary N) is 1. The Bertz CT molecular complexity index is 684. The zero-order valence-corrected chi connectivity index (χ0v) is 14.0. The minimum Gasteiger partial charge on any atom is -0.493 e. The van der Waals surface area contributed by atoms with Crippen molar-refractivity contribution < 1.29 is 14.3 Å². The Morgan fingerprint density at radius 3 is 2.52 bits per heavy atom. The van der Waals surface area contributed by atoms with E-state index in [4.69, 9.17) is 9.47 Å². The second-order valence-electron chi connectivity index (χ2n) is 6.45. The van der Waals surface area contributed by atoms with Gasteiger partial charge in [-0.25, -0.2) is 0 Å². The van der Waals surface area contributed by atoms with E-state index >= 15 is 0 Å². The summed E-state index contributed by atoms with van der Waals surface area (Å²) < 4.78 is 10.5. The zero-order chi connectivity index (χ0) is 17.0. The van der Waals surface area contributed by atoms with Crippen LogP contribution in [-0.2, 0) is 11.3 Å². The lowest BCUT2D eigenvalue weighted by atomic mass is 9.76. The van der Waals surface area contributed by atoms with Crippen LogP contribution in [0.15, 0.2) is 29.5 Å². The molecule has 1 aromatic rings. The topological polar surface area (TPSA) is 71.3 Å². The summed E-state index contributed by atoms with van der Waals surface area (Å²) in [6, 6.07) is 7.69. The Kier molecular flexibility index (Phi) is 4.95. The standard InChI is InChI=1S/C18H22N2O3/c1-18(2)8-14(13(10-19)15(21)9-18)20-11-12-5-6-16(22-3)17(7-12)23-4/h5-7,20H,8-9,11H2,1-4H3. The number of nitrogens with zero attached hydrogens (tertiary/aromatic N) is 1. The largest absolute Gasteiger partial charge is 0.493 e. The number of allylic oxidation sites excluding steroid dienone is 2. The van der Waals surface area contributed by atoms with Gasteiger partial charge in [0, 0.05) is 18.7 Å². The Balaban J connectivity index is 2.19. The van der Waals surface area contributed by atoms with E-state index in [-0.39, 0.29) is 16.8 Å². The van der Waals surface area contributed by atoms with Crippen LogP contribution in [-0.4, -0.2) is 20.0 Å². The predicted octanol–water partition coefficient (Wildman–Crippen LogP) is 2.96. The van der Waals surface area contributed by atoms with E-state index in [1.54, 1.807) is 14.2 Å². The van der Waals surface area contributed by atoms with Gasteiger partial charge in [0.05, 0.1) is 14.2 Å². The molecule has 5 heteroatoms. The molecule has 0 saturated carbocycles. The minimum absolute atomic E-state index is 0.0847. The van der Waals surface area contributed by atoms with Gasteiger partial charge >= 0.3 is 0 Å². The fourth-order valence-corrected chi connectivity index (χ4v) is 2.80. The molecule has 23 heavy (non-hydrogen) atoms. The first-order valence-electron chi connectivity index (χ1n) is 7.51. The second-order valence-corrected chi connectivity index (χ2v) is 6.45. The molecule has 0 radical (unpaired) electrons. The van der Waals surface area contributed by atoms with Crippen molar-refractivity contribution in [2.24, 2.45) is 5.41 Å². The van der Waals surface area contributed by atoms with Crippen LogP contribution in [0.3, 0.4) is 0 Å². The summed E-state index contributed by atoms with van der Waals surface area (Å²) in [6.07, 6.45) is 1.10. The van der Waals surface area contributed by atoms with E-state index < -0.39 is 0 Å². The molecule has 0 saturated heterocycles. The Labute approximate surface area is 136 Å². The maximum Gasteiger partial charge on any atom is 0.175 e. The predicted molar refractivity (Wildman–Crippen MR) is 87.0 cm³/mol. The summed E-state index contributed by atoms with van der Waals surface area (Å²) in [4.78, 5) is 12.1. The van der Waals surface area contributed by atoms with Gasteiger partial charge < -0.3 is 14.8 Å². The third-order valence-electron chi connectivity index (χ3n) is 3.94. The highest BCUT2D eigenvalue weighted by atomic mass is 16.5. The number of nitriles is 1. The van der Waals surface area contributed by atoms with Crippen molar-refractivity contribution >= 4 is 5.78 Å². The average Bonchev–Trinajstić information content (AvgIpc) is 2.51. The molecule has 0 fully saturated rings. The monoisotopic (exact) mass is 314 g/mol. The molecule has 0 aliphatic heterocycles. The van der Waals surface area contributed by atoms with Gasteiger partial charge in [0.25, 0.3) is 0 Å². The number of hydrogen-bond donors (Lipinski definition) is 1. The van der Waals surface area contributed by atoms with Crippen molar-refractivity contribution in [2.75, 3.05) is 14.2 Å². The third kappa shape index (κ3) is 3.84. The van der Waals surface area contributed by atoms with Gasteiger partial charge in [0.1, 0.15) is 11.6 Å². The van der Waals surface area contributed by atoms with Crippen LogP contribution < -0.4 is 14.8 Å². The van der Waals surface area contributed by atoms with E-state index in [1.165, 1.54) is 0 Å². The molecule has 0 heterocycles. The number of methoxy groups -OCH3 is 2. The number of rotatable bonds is 5. The Morgan fingerprint density at radius 2 is 1.91 bits per heavy atom. The van der Waals surface area contributed by atoms with Crippen molar-refractivity contribution in [3.05, 3.63) is 35.0 Å². The van der Waals surface area contributed by atoms with Gasteiger partial charge in [-0.1, -0.05) is 19.9 Å². The fraction of sp³-hybridized carbons (Fsp3) is 0.444. The number of ketones is 1. The molecule has 0 spiro atoms. The maximum atomic E-state index is 12.1. The number of carbonyl (C=O) groups excluding carboxylic acids is 1. The SMILES string of the molecule is COc1ccc(CNC2=C(C#N)C(=O)CC(C)(C)C2)cc1OC. The molecule has 1 N–H and O–H groups in total. The first-order valence-corrected chi connectivity index (χ1v) is 7.51. The quantitative estimate of drug-likeness (QED) is 0.904. The number of ether oxygens (including phenoxy) is 2. The van der Waals surface area contributed by atoms with Crippen LogP contribution in [0, 0.1) is 16.7 Å². The molecule has 1 aliphatic carbocycles. The molecule has 5 nitrogen and oxygen atoms in total. The van der Waals surface area contributed by atoms with Crippen LogP contribution in [0.5, 0.6) is 11.5 Å². The van der Waals surface area contributed by atoms with Crippen LogP contribution in [0.2, 0.25) is 0 Å². The number of carbonyl (C=O) groups is 1. The molecule has 122 valence electrons. The van der Waals surface area contributed by atoms with E-state index in [1.807, 2.05) is 38.1 Å². The smallest absolute Gasteiger partial charge is 0.175 e. The first-order chi connectivity index (χ1) is 10.9. The Morgan fingerprint density at radius 1 is 1.22 bits per heavy atom. The highest BCUT2D eigenvalue weighted by Gasteiger charge is 2.32. The van der Waals surface area contributed by atoms with Gasteiger partial charge in [-0.05, 0) is 29.5 Å². The average molecular weight is 314 g/mol. The van der Waals surface area contributed by atoms with Gasteiger partial charge in [-0.2, -0.15) is 5.26 Å². The summed E-state index contributed by atoms with van der Waals surface area (Å²) in [5, 5.41) is 12.5. The van der Waals surface area contributed by atoms with E-state index in [0.717, 1.165) is 11.3 Å². The van der Waals surface area contributed by atoms with Crippen molar-refractivity contribution in [1.29, 1.82) is 5.26 Å². The van der Waals surface area contributed by atoms with Crippen molar-refractivity contribution in [2.45, 2.75) is 33.2 Å². The molecule has 1 aromatic carbocycles. The molecular weight excluding hydrogens is 292 g/mol. The number of hydrogen-bond acceptors (Lipinski definition) is 5. The lowest BCUT2D eigenvalue weighted by molar-refractivity contribution is -0.117. The maximum absolute atomic E-state index is 12.1. The normalized spacial score (nSPS) is 16.7. The molecule has 0 amide bonds. The molecule has 0 bridgehead atoms. The van der Waals surface area contributed by atoms with Crippen molar-refractivity contribution in [3.8, 4) is 17.6 Å². The van der Waals surface area contributed by atoms with E-state index in [2.05, 4.69) is 5.32 Å². The summed E-state index contributed by atoms with van der Waals surface area (Å²) in [6.45, 7) is 4.60. The molecule has 0 atom stereocenters. The van der Waals surface area contributed by atoms with E-state index in [9.17, 15) is 10.1 Å². The third-order valence-corrected chi connectivity index (χ3v) is 3.94. The van der Waals surface area contributed by atoms with Gasteiger partial charge in [0.2, 0.25) is 0 Å². The van der Waals surface area contributed by atoms with Gasteiger partial charge in [-0.3, -0.25) is 4.79 Å². The molecule has 0 aromatic heterocycles. The van der Waals surface area contributed by atoms with Gasteiger partial charge in [0.15, 0.2) is 17.3 Å². The molecule has 1 aliphatic rings. The summed E-state index contributed by atoms with van der Waals surface area (Å²) in [5.74, 6) is 1.24. The minimum atomic E-state index is -0.128. The number of Topliss-reactive ketones (excluding diaryl/α,β-unsaturated/α-hetero) is 1. The van der Waals surface area contributed by atoms with Crippen LogP contribution in [0.25, 0.3) is 0 Å². The first kappa shape index (κ1) is 16.9. The summed E-state index contributed by atoms with van der Waals surface area (Å²) in [5.41, 5.74) is 1.84. The van der Waals surface area contributed by atoms with Crippen molar-refractivity contribution in [3.63, 3.8) is 0 Å². The van der Waals surface area contributed by atoms with Crippen molar-refractivity contribution in [1.82, 2.24) is 5.32 Å². The van der Waals surface area contributed by atoms with Crippen LogP contribution in [0.1, 0.15) is 32.3 Å².